The van der Waals surface area contributed by atoms with E-state index in [-0.39, 0.29) is 0 Å². The molecule has 5 nitrogen and oxygen atoms in total. The van der Waals surface area contributed by atoms with Gasteiger partial charge in [-0.05, 0) is 26.0 Å². The Morgan fingerprint density at radius 1 is 1.29 bits per heavy atom. The van der Waals surface area contributed by atoms with Crippen molar-refractivity contribution < 1.29 is 9.84 Å². The lowest BCUT2D eigenvalue weighted by Gasteiger charge is -2.03. The van der Waals surface area contributed by atoms with Gasteiger partial charge in [0.05, 0.1) is 6.61 Å². The minimum absolute atomic E-state index is 0.298. The molecule has 1 heterocycles. The highest BCUT2D eigenvalue weighted by molar-refractivity contribution is 7.14. The summed E-state index contributed by atoms with van der Waals surface area (Å²) in [5.41, 5.74) is 1.80. The summed E-state index contributed by atoms with van der Waals surface area (Å²) >= 11 is 1.59. The second kappa shape index (κ2) is 8.07. The molecule has 21 heavy (non-hydrogen) atoms. The van der Waals surface area contributed by atoms with Crippen molar-refractivity contribution in [2.24, 2.45) is 0 Å². The first kappa shape index (κ1) is 15.9. The van der Waals surface area contributed by atoms with E-state index >= 15 is 0 Å². The first-order valence-electron chi connectivity index (χ1n) is 7.03. The average molecular weight is 307 g/mol. The third-order valence-corrected chi connectivity index (χ3v) is 4.25. The maximum atomic E-state index is 9.75. The number of nitrogens with one attached hydrogen (secondary N) is 1. The number of rotatable bonds is 8. The number of phenols is 1. The maximum absolute atomic E-state index is 9.75. The van der Waals surface area contributed by atoms with E-state index < -0.39 is 0 Å². The van der Waals surface area contributed by atoms with Crippen LogP contribution in [0.5, 0.6) is 5.75 Å². The van der Waals surface area contributed by atoms with Gasteiger partial charge in [0, 0.05) is 31.2 Å². The van der Waals surface area contributed by atoms with Crippen molar-refractivity contribution in [1.29, 1.82) is 0 Å². The lowest BCUT2D eigenvalue weighted by molar-refractivity contribution is 0.199. The molecule has 0 aliphatic carbocycles. The van der Waals surface area contributed by atoms with Crippen molar-refractivity contribution in [3.05, 3.63) is 28.8 Å². The highest BCUT2D eigenvalue weighted by Gasteiger charge is 2.10. The van der Waals surface area contributed by atoms with Crippen LogP contribution in [0.4, 0.5) is 0 Å². The molecule has 2 aromatic rings. The molecule has 0 saturated heterocycles. The van der Waals surface area contributed by atoms with Gasteiger partial charge in [0.1, 0.15) is 15.8 Å². The summed E-state index contributed by atoms with van der Waals surface area (Å²) in [7, 11) is 1.70. The Morgan fingerprint density at radius 3 is 2.95 bits per heavy atom. The van der Waals surface area contributed by atoms with Crippen LogP contribution in [-0.2, 0) is 11.2 Å². The van der Waals surface area contributed by atoms with Crippen LogP contribution in [0.2, 0.25) is 0 Å². The fourth-order valence-electron chi connectivity index (χ4n) is 1.98. The average Bonchev–Trinajstić information content (AvgIpc) is 2.94. The fourth-order valence-corrected chi connectivity index (χ4v) is 2.95. The molecule has 6 heteroatoms. The van der Waals surface area contributed by atoms with Gasteiger partial charge >= 0.3 is 0 Å². The van der Waals surface area contributed by atoms with E-state index in [0.717, 1.165) is 53.7 Å². The molecule has 2 N–H and O–H groups in total. The first-order valence-corrected chi connectivity index (χ1v) is 7.85. The van der Waals surface area contributed by atoms with E-state index in [2.05, 4.69) is 15.5 Å². The van der Waals surface area contributed by atoms with E-state index in [9.17, 15) is 5.11 Å². The van der Waals surface area contributed by atoms with Gasteiger partial charge in [-0.3, -0.25) is 0 Å². The summed E-state index contributed by atoms with van der Waals surface area (Å²) < 4.78 is 4.98. The molecule has 0 aliphatic heterocycles. The van der Waals surface area contributed by atoms with Crippen molar-refractivity contribution in [3.8, 4) is 16.3 Å². The Morgan fingerprint density at radius 2 is 2.14 bits per heavy atom. The van der Waals surface area contributed by atoms with E-state index in [1.54, 1.807) is 24.5 Å². The number of methoxy groups -OCH3 is 1. The number of aromatic hydroxyl groups is 1. The van der Waals surface area contributed by atoms with E-state index in [4.69, 9.17) is 4.74 Å². The molecular weight excluding hydrogens is 286 g/mol. The van der Waals surface area contributed by atoms with Gasteiger partial charge in [-0.2, -0.15) is 0 Å². The van der Waals surface area contributed by atoms with Crippen molar-refractivity contribution >= 4 is 11.3 Å². The molecule has 0 saturated carbocycles. The Balaban J connectivity index is 1.88. The molecule has 0 bridgehead atoms. The van der Waals surface area contributed by atoms with Gasteiger partial charge in [0.2, 0.25) is 0 Å². The first-order chi connectivity index (χ1) is 10.2. The second-order valence-corrected chi connectivity index (χ2v) is 5.86. The zero-order valence-electron chi connectivity index (χ0n) is 12.4. The molecule has 2 rings (SSSR count). The van der Waals surface area contributed by atoms with Crippen molar-refractivity contribution in [2.45, 2.75) is 19.8 Å². The summed E-state index contributed by atoms with van der Waals surface area (Å²) in [6.45, 7) is 4.45. The zero-order chi connectivity index (χ0) is 15.1. The summed E-state index contributed by atoms with van der Waals surface area (Å²) in [4.78, 5) is 0. The quantitative estimate of drug-likeness (QED) is 0.733. The molecule has 0 atom stereocenters. The molecule has 0 radical (unpaired) electrons. The van der Waals surface area contributed by atoms with E-state index in [1.165, 1.54) is 0 Å². The predicted molar refractivity (Wildman–Crippen MR) is 84.8 cm³/mol. The monoisotopic (exact) mass is 307 g/mol. The van der Waals surface area contributed by atoms with Crippen molar-refractivity contribution in [1.82, 2.24) is 15.5 Å². The molecule has 0 spiro atoms. The lowest BCUT2D eigenvalue weighted by atomic mass is 10.1. The van der Waals surface area contributed by atoms with Crippen LogP contribution in [0.3, 0.4) is 0 Å². The van der Waals surface area contributed by atoms with Crippen LogP contribution in [0.1, 0.15) is 17.0 Å². The summed E-state index contributed by atoms with van der Waals surface area (Å²) in [5, 5.41) is 23.4. The highest BCUT2D eigenvalue weighted by atomic mass is 32.1. The Kier molecular flexibility index (Phi) is 6.10. The number of aryl methyl sites for hydroxylation is 1. The Hall–Kier alpha value is -1.50. The number of benzene rings is 1. The Labute approximate surface area is 129 Å². The minimum atomic E-state index is 0.298. The summed E-state index contributed by atoms with van der Waals surface area (Å²) in [6, 6.07) is 5.48. The van der Waals surface area contributed by atoms with Crippen LogP contribution >= 0.6 is 11.3 Å². The normalized spacial score (nSPS) is 11.0. The number of hydrogen-bond acceptors (Lipinski definition) is 6. The van der Waals surface area contributed by atoms with Gasteiger partial charge in [-0.25, -0.2) is 0 Å². The largest absolute Gasteiger partial charge is 0.508 e. The third-order valence-electron chi connectivity index (χ3n) is 3.23. The number of hydrogen-bond donors (Lipinski definition) is 2. The molecule has 1 aromatic carbocycles. The SMILES string of the molecule is COCCNCCCc1nnc(-c2cccc(O)c2C)s1. The lowest BCUT2D eigenvalue weighted by Crippen LogP contribution is -2.20. The standard InChI is InChI=1S/C15H21N3O2S/c1-11-12(5-3-6-13(11)19)15-18-17-14(21-15)7-4-8-16-9-10-20-2/h3,5-6,16,19H,4,7-10H2,1-2H3. The summed E-state index contributed by atoms with van der Waals surface area (Å²) in [5.74, 6) is 0.298. The highest BCUT2D eigenvalue weighted by Crippen LogP contribution is 2.31. The van der Waals surface area contributed by atoms with E-state index in [0.29, 0.717) is 5.75 Å². The van der Waals surface area contributed by atoms with E-state index in [1.807, 2.05) is 19.1 Å². The predicted octanol–water partition coefficient (Wildman–Crippen LogP) is 2.39. The second-order valence-electron chi connectivity index (χ2n) is 4.80. The van der Waals surface area contributed by atoms with Gasteiger partial charge in [-0.1, -0.05) is 23.5 Å². The van der Waals surface area contributed by atoms with Crippen LogP contribution in [-0.4, -0.2) is 42.1 Å². The molecule has 0 aliphatic rings. The molecule has 114 valence electrons. The molecule has 0 fully saturated rings. The summed E-state index contributed by atoms with van der Waals surface area (Å²) in [6.07, 6.45) is 1.94. The number of ether oxygens (including phenoxy) is 1. The maximum Gasteiger partial charge on any atom is 0.148 e. The number of aromatic nitrogens is 2. The topological polar surface area (TPSA) is 67.3 Å². The van der Waals surface area contributed by atoms with Crippen LogP contribution in [0.15, 0.2) is 18.2 Å². The van der Waals surface area contributed by atoms with Gasteiger partial charge in [0.25, 0.3) is 0 Å². The number of nitrogens with zero attached hydrogens (tertiary/aromatic N) is 2. The van der Waals surface area contributed by atoms with Crippen LogP contribution in [0.25, 0.3) is 10.6 Å². The Bertz CT molecular complexity index is 572. The molecule has 0 unspecified atom stereocenters. The van der Waals surface area contributed by atoms with Crippen molar-refractivity contribution in [2.75, 3.05) is 26.8 Å². The molecule has 1 aromatic heterocycles. The van der Waals surface area contributed by atoms with Gasteiger partial charge in [-0.15, -0.1) is 10.2 Å². The zero-order valence-corrected chi connectivity index (χ0v) is 13.2. The van der Waals surface area contributed by atoms with Crippen LogP contribution < -0.4 is 5.32 Å². The van der Waals surface area contributed by atoms with Gasteiger partial charge < -0.3 is 15.2 Å². The van der Waals surface area contributed by atoms with Gasteiger partial charge in [0.15, 0.2) is 0 Å². The fraction of sp³-hybridized carbons (Fsp3) is 0.467. The van der Waals surface area contributed by atoms with Crippen LogP contribution in [0, 0.1) is 6.92 Å². The molecule has 0 amide bonds. The molecular formula is C15H21N3O2S. The smallest absolute Gasteiger partial charge is 0.148 e. The van der Waals surface area contributed by atoms with Crippen molar-refractivity contribution in [3.63, 3.8) is 0 Å². The number of phenolic OH excluding ortho intramolecular Hbond substituents is 1. The minimum Gasteiger partial charge on any atom is -0.508 e. The third kappa shape index (κ3) is 4.49.